The van der Waals surface area contributed by atoms with E-state index in [1.165, 1.54) is 0 Å². The number of rotatable bonds is 8. The Balaban J connectivity index is 1.36. The van der Waals surface area contributed by atoms with Crippen molar-refractivity contribution >= 4 is 40.0 Å². The van der Waals surface area contributed by atoms with Crippen LogP contribution in [-0.2, 0) is 22.4 Å². The molecule has 0 saturated heterocycles. The van der Waals surface area contributed by atoms with Crippen molar-refractivity contribution in [3.8, 4) is 5.75 Å². The minimum atomic E-state index is -0.468. The van der Waals surface area contributed by atoms with E-state index < -0.39 is 12.1 Å². The van der Waals surface area contributed by atoms with Crippen LogP contribution in [0.1, 0.15) is 25.0 Å². The Morgan fingerprint density at radius 3 is 2.51 bits per heavy atom. The fourth-order valence-corrected chi connectivity index (χ4v) is 5.61. The number of aliphatic hydroxyl groups excluding tert-OH is 1. The van der Waals surface area contributed by atoms with Gasteiger partial charge in [0.15, 0.2) is 0 Å². The van der Waals surface area contributed by atoms with Gasteiger partial charge >= 0.3 is 6.03 Å². The first-order valence-corrected chi connectivity index (χ1v) is 15.3. The van der Waals surface area contributed by atoms with Crippen LogP contribution in [0.4, 0.5) is 16.2 Å². The number of ether oxygens (including phenoxy) is 1. The molecule has 0 saturated carbocycles. The molecule has 0 unspecified atom stereocenters. The lowest BCUT2D eigenvalue weighted by molar-refractivity contribution is -0.134. The summed E-state index contributed by atoms with van der Waals surface area (Å²) in [6.07, 6.45) is -0.203. The molecule has 0 radical (unpaired) electrons. The lowest BCUT2D eigenvalue weighted by Gasteiger charge is -2.34. The maximum atomic E-state index is 13.5. The van der Waals surface area contributed by atoms with Gasteiger partial charge in [-0.25, -0.2) is 4.79 Å². The minimum absolute atomic E-state index is 0.0406. The predicted octanol–water partition coefficient (Wildman–Crippen LogP) is 5.33. The molecule has 45 heavy (non-hydrogen) atoms. The van der Waals surface area contributed by atoms with Crippen LogP contribution in [0, 0.1) is 5.92 Å². The Kier molecular flexibility index (Phi) is 9.99. The second-order valence-electron chi connectivity index (χ2n) is 11.8. The third-order valence-electron chi connectivity index (χ3n) is 8.24. The van der Waals surface area contributed by atoms with E-state index in [9.17, 15) is 19.5 Å². The number of nitrogens with zero attached hydrogens (tertiary/aromatic N) is 2. The molecular formula is C36H40N4O5. The van der Waals surface area contributed by atoms with Crippen LogP contribution in [0.2, 0.25) is 0 Å². The highest BCUT2D eigenvalue weighted by molar-refractivity contribution is 6.01. The zero-order valence-corrected chi connectivity index (χ0v) is 25.9. The van der Waals surface area contributed by atoms with Crippen LogP contribution in [0.25, 0.3) is 10.8 Å². The number of carbonyl (C=O) groups excluding carboxylic acids is 3. The highest BCUT2D eigenvalue weighted by Crippen LogP contribution is 2.30. The molecule has 4 aromatic carbocycles. The van der Waals surface area contributed by atoms with E-state index in [4.69, 9.17) is 4.74 Å². The molecule has 0 fully saturated rings. The summed E-state index contributed by atoms with van der Waals surface area (Å²) < 4.78 is 6.56. The van der Waals surface area contributed by atoms with Crippen LogP contribution in [0.3, 0.4) is 0 Å². The van der Waals surface area contributed by atoms with E-state index in [-0.39, 0.29) is 49.8 Å². The van der Waals surface area contributed by atoms with Gasteiger partial charge in [-0.3, -0.25) is 9.59 Å². The zero-order valence-electron chi connectivity index (χ0n) is 25.9. The summed E-state index contributed by atoms with van der Waals surface area (Å²) in [4.78, 5) is 42.9. The minimum Gasteiger partial charge on any atom is -0.488 e. The monoisotopic (exact) mass is 608 g/mol. The Bertz CT molecular complexity index is 1650. The summed E-state index contributed by atoms with van der Waals surface area (Å²) in [6.45, 7) is 4.21. The molecule has 0 aliphatic carbocycles. The van der Waals surface area contributed by atoms with Gasteiger partial charge in [0, 0.05) is 36.1 Å². The van der Waals surface area contributed by atoms with Gasteiger partial charge in [-0.2, -0.15) is 0 Å². The summed E-state index contributed by atoms with van der Waals surface area (Å²) in [5, 5.41) is 17.9. The lowest BCUT2D eigenvalue weighted by Crippen LogP contribution is -2.48. The number of fused-ring (bicyclic) bond motifs is 2. The van der Waals surface area contributed by atoms with Gasteiger partial charge in [0.05, 0.1) is 37.7 Å². The standard InChI is InChI=1S/C36H40N4O5/c1-24-21-40(25(2)23-41)35(43)20-28-19-29(37-34(42)18-26-10-5-4-6-11-26)16-17-32(28)45-33(24)22-39(3)36(44)38-31-15-9-13-27-12-7-8-14-30(27)31/h4-17,19,24-25,33,41H,18,20-23H2,1-3H3,(H,37,42)(H,38,44)/t24-,25-,33+/m0/s1. The third kappa shape index (κ3) is 7.80. The molecule has 0 bridgehead atoms. The van der Waals surface area contributed by atoms with Crippen LogP contribution < -0.4 is 15.4 Å². The van der Waals surface area contributed by atoms with Crippen molar-refractivity contribution in [3.63, 3.8) is 0 Å². The van der Waals surface area contributed by atoms with Crippen LogP contribution in [0.15, 0.2) is 91.0 Å². The van der Waals surface area contributed by atoms with Crippen molar-refractivity contribution in [2.24, 2.45) is 5.92 Å². The van der Waals surface area contributed by atoms with E-state index in [0.717, 1.165) is 16.3 Å². The molecule has 234 valence electrons. The summed E-state index contributed by atoms with van der Waals surface area (Å²) in [5.74, 6) is 0.0237. The highest BCUT2D eigenvalue weighted by atomic mass is 16.5. The predicted molar refractivity (Wildman–Crippen MR) is 176 cm³/mol. The molecule has 4 amide bonds. The molecule has 1 aliphatic rings. The summed E-state index contributed by atoms with van der Waals surface area (Å²) >= 11 is 0. The first-order valence-electron chi connectivity index (χ1n) is 15.3. The van der Waals surface area contributed by atoms with Gasteiger partial charge in [-0.05, 0) is 42.1 Å². The van der Waals surface area contributed by atoms with Crippen molar-refractivity contribution in [3.05, 3.63) is 102 Å². The number of hydrogen-bond acceptors (Lipinski definition) is 5. The van der Waals surface area contributed by atoms with Gasteiger partial charge in [0.25, 0.3) is 0 Å². The molecule has 3 atom stereocenters. The molecule has 1 heterocycles. The number of anilines is 2. The van der Waals surface area contributed by atoms with Crippen molar-refractivity contribution in [1.29, 1.82) is 0 Å². The zero-order chi connectivity index (χ0) is 31.9. The molecule has 4 aromatic rings. The SMILES string of the molecule is C[C@H]1CN([C@@H](C)CO)C(=O)Cc2cc(NC(=O)Cc3ccccc3)ccc2O[C@@H]1CN(C)C(=O)Nc1cccc2ccccc12. The van der Waals surface area contributed by atoms with Gasteiger partial charge in [0.2, 0.25) is 11.8 Å². The van der Waals surface area contributed by atoms with Gasteiger partial charge < -0.3 is 30.3 Å². The third-order valence-corrected chi connectivity index (χ3v) is 8.24. The molecule has 3 N–H and O–H groups in total. The molecule has 0 aromatic heterocycles. The number of nitrogens with one attached hydrogen (secondary N) is 2. The fourth-order valence-electron chi connectivity index (χ4n) is 5.61. The maximum Gasteiger partial charge on any atom is 0.321 e. The quantitative estimate of drug-likeness (QED) is 0.250. The molecule has 1 aliphatic heterocycles. The van der Waals surface area contributed by atoms with Crippen LogP contribution in [-0.4, -0.2) is 71.6 Å². The molecule has 9 nitrogen and oxygen atoms in total. The second-order valence-corrected chi connectivity index (χ2v) is 11.8. The van der Waals surface area contributed by atoms with E-state index in [1.807, 2.05) is 86.6 Å². The van der Waals surface area contributed by atoms with Crippen molar-refractivity contribution < 1.29 is 24.2 Å². The Labute approximate surface area is 263 Å². The van der Waals surface area contributed by atoms with Crippen molar-refractivity contribution in [2.75, 3.05) is 37.4 Å². The molecule has 5 rings (SSSR count). The normalized spacial score (nSPS) is 17.2. The summed E-state index contributed by atoms with van der Waals surface area (Å²) in [5.41, 5.74) is 2.79. The molecular weight excluding hydrogens is 568 g/mol. The number of benzene rings is 4. The Morgan fingerprint density at radius 2 is 1.73 bits per heavy atom. The smallest absolute Gasteiger partial charge is 0.321 e. The maximum absolute atomic E-state index is 13.5. The topological polar surface area (TPSA) is 111 Å². The average Bonchev–Trinajstić information content (AvgIpc) is 3.08. The van der Waals surface area contributed by atoms with Gasteiger partial charge in [0.1, 0.15) is 11.9 Å². The van der Waals surface area contributed by atoms with E-state index >= 15 is 0 Å². The van der Waals surface area contributed by atoms with Crippen molar-refractivity contribution in [2.45, 2.75) is 38.8 Å². The summed E-state index contributed by atoms with van der Waals surface area (Å²) in [6, 6.07) is 27.7. The second kappa shape index (κ2) is 14.3. The van der Waals surface area contributed by atoms with E-state index in [0.29, 0.717) is 29.2 Å². The van der Waals surface area contributed by atoms with Crippen LogP contribution in [0.5, 0.6) is 5.75 Å². The highest BCUT2D eigenvalue weighted by Gasteiger charge is 2.32. The van der Waals surface area contributed by atoms with E-state index in [1.54, 1.807) is 35.0 Å². The first kappa shape index (κ1) is 31.5. The van der Waals surface area contributed by atoms with Gasteiger partial charge in [-0.1, -0.05) is 73.7 Å². The average molecular weight is 609 g/mol. The summed E-state index contributed by atoms with van der Waals surface area (Å²) in [7, 11) is 1.72. The van der Waals surface area contributed by atoms with E-state index in [2.05, 4.69) is 10.6 Å². The fraction of sp³-hybridized carbons (Fsp3) is 0.306. The number of hydrogen-bond donors (Lipinski definition) is 3. The molecule has 0 spiro atoms. The number of urea groups is 1. The molecule has 9 heteroatoms. The number of aliphatic hydroxyl groups is 1. The van der Waals surface area contributed by atoms with Crippen LogP contribution >= 0.6 is 0 Å². The lowest BCUT2D eigenvalue weighted by atomic mass is 10.0. The number of amides is 4. The number of carbonyl (C=O) groups is 3. The van der Waals surface area contributed by atoms with Gasteiger partial charge in [-0.15, -0.1) is 0 Å². The Morgan fingerprint density at radius 1 is 1.00 bits per heavy atom. The Hall–Kier alpha value is -4.89. The first-order chi connectivity index (χ1) is 21.7. The number of likely N-dealkylation sites (N-methyl/N-ethyl adjacent to an activating group) is 1. The van der Waals surface area contributed by atoms with Crippen molar-refractivity contribution in [1.82, 2.24) is 9.80 Å². The largest absolute Gasteiger partial charge is 0.488 e.